The Morgan fingerprint density at radius 3 is 2.89 bits per heavy atom. The van der Waals surface area contributed by atoms with Gasteiger partial charge < -0.3 is 15.0 Å². The lowest BCUT2D eigenvalue weighted by Crippen LogP contribution is -2.41. The second-order valence-corrected chi connectivity index (χ2v) is 4.07. The number of methoxy groups -OCH3 is 1. The van der Waals surface area contributed by atoms with Gasteiger partial charge in [0.1, 0.15) is 0 Å². The molecule has 1 rings (SSSR count). The molecule has 0 radical (unpaired) electrons. The van der Waals surface area contributed by atoms with Gasteiger partial charge >= 0.3 is 0 Å². The SMILES string of the molecule is CCN(C(=O)c1ccncc1NC)C(C)COC. The van der Waals surface area contributed by atoms with Crippen LogP contribution in [0.2, 0.25) is 0 Å². The van der Waals surface area contributed by atoms with Crippen molar-refractivity contribution in [2.75, 3.05) is 32.6 Å². The fourth-order valence-corrected chi connectivity index (χ4v) is 1.92. The predicted molar refractivity (Wildman–Crippen MR) is 71.8 cm³/mol. The van der Waals surface area contributed by atoms with Gasteiger partial charge in [0.15, 0.2) is 0 Å². The Bertz CT molecular complexity index is 396. The molecule has 5 heteroatoms. The zero-order valence-electron chi connectivity index (χ0n) is 11.4. The highest BCUT2D eigenvalue weighted by atomic mass is 16.5. The predicted octanol–water partition coefficient (Wildman–Crippen LogP) is 1.62. The Balaban J connectivity index is 2.96. The molecule has 18 heavy (non-hydrogen) atoms. The van der Waals surface area contributed by atoms with Gasteiger partial charge in [0.25, 0.3) is 5.91 Å². The molecule has 1 aromatic heterocycles. The molecule has 0 bridgehead atoms. The van der Waals surface area contributed by atoms with E-state index in [4.69, 9.17) is 4.74 Å². The van der Waals surface area contributed by atoms with Crippen LogP contribution in [0.1, 0.15) is 24.2 Å². The molecule has 1 aromatic rings. The summed E-state index contributed by atoms with van der Waals surface area (Å²) in [5.74, 6) is -0.00574. The van der Waals surface area contributed by atoms with Gasteiger partial charge in [-0.3, -0.25) is 9.78 Å². The van der Waals surface area contributed by atoms with E-state index in [1.165, 1.54) is 0 Å². The number of hydrogen-bond acceptors (Lipinski definition) is 4. The van der Waals surface area contributed by atoms with Gasteiger partial charge in [-0.05, 0) is 19.9 Å². The Kier molecular flexibility index (Phi) is 5.58. The van der Waals surface area contributed by atoms with Crippen LogP contribution in [0.15, 0.2) is 18.5 Å². The fourth-order valence-electron chi connectivity index (χ4n) is 1.92. The molecule has 0 aromatic carbocycles. The van der Waals surface area contributed by atoms with Gasteiger partial charge in [-0.2, -0.15) is 0 Å². The molecule has 1 amide bonds. The van der Waals surface area contributed by atoms with Gasteiger partial charge in [-0.15, -0.1) is 0 Å². The number of likely N-dealkylation sites (N-methyl/N-ethyl adjacent to an activating group) is 1. The van der Waals surface area contributed by atoms with Gasteiger partial charge in [0.05, 0.1) is 30.1 Å². The van der Waals surface area contributed by atoms with Crippen molar-refractivity contribution < 1.29 is 9.53 Å². The average Bonchev–Trinajstić information content (AvgIpc) is 2.39. The van der Waals surface area contributed by atoms with E-state index in [-0.39, 0.29) is 11.9 Å². The monoisotopic (exact) mass is 251 g/mol. The summed E-state index contributed by atoms with van der Waals surface area (Å²) < 4.78 is 5.11. The summed E-state index contributed by atoms with van der Waals surface area (Å²) in [7, 11) is 3.42. The third kappa shape index (κ3) is 3.20. The van der Waals surface area contributed by atoms with Gasteiger partial charge in [0.2, 0.25) is 0 Å². The van der Waals surface area contributed by atoms with Crippen molar-refractivity contribution >= 4 is 11.6 Å². The molecule has 0 aliphatic rings. The first-order chi connectivity index (χ1) is 8.65. The second kappa shape index (κ2) is 6.96. The molecule has 0 aliphatic heterocycles. The first-order valence-corrected chi connectivity index (χ1v) is 6.07. The molecule has 0 saturated carbocycles. The number of pyridine rings is 1. The molecule has 1 atom stereocenters. The van der Waals surface area contributed by atoms with Crippen LogP contribution in [0.5, 0.6) is 0 Å². The summed E-state index contributed by atoms with van der Waals surface area (Å²) >= 11 is 0. The first-order valence-electron chi connectivity index (χ1n) is 6.07. The van der Waals surface area contributed by atoms with E-state index in [1.807, 2.05) is 13.8 Å². The fraction of sp³-hybridized carbons (Fsp3) is 0.538. The van der Waals surface area contributed by atoms with Crippen LogP contribution in [-0.2, 0) is 4.74 Å². The number of rotatable bonds is 6. The third-order valence-electron chi connectivity index (χ3n) is 2.86. The lowest BCUT2D eigenvalue weighted by atomic mass is 10.1. The Morgan fingerprint density at radius 1 is 1.61 bits per heavy atom. The smallest absolute Gasteiger partial charge is 0.256 e. The van der Waals surface area contributed by atoms with Crippen molar-refractivity contribution in [3.63, 3.8) is 0 Å². The largest absolute Gasteiger partial charge is 0.386 e. The number of nitrogens with zero attached hydrogens (tertiary/aromatic N) is 2. The van der Waals surface area contributed by atoms with Crippen molar-refractivity contribution in [3.8, 4) is 0 Å². The van der Waals surface area contributed by atoms with Crippen molar-refractivity contribution in [1.29, 1.82) is 0 Å². The molecule has 0 spiro atoms. The van der Waals surface area contributed by atoms with E-state index in [0.29, 0.717) is 18.7 Å². The van der Waals surface area contributed by atoms with E-state index < -0.39 is 0 Å². The van der Waals surface area contributed by atoms with Gasteiger partial charge in [-0.25, -0.2) is 0 Å². The zero-order valence-corrected chi connectivity index (χ0v) is 11.4. The molecule has 1 N–H and O–H groups in total. The Labute approximate surface area is 108 Å². The molecule has 1 heterocycles. The summed E-state index contributed by atoms with van der Waals surface area (Å²) in [5, 5.41) is 2.99. The van der Waals surface area contributed by atoms with E-state index in [1.54, 1.807) is 37.5 Å². The number of amides is 1. The van der Waals surface area contributed by atoms with Gasteiger partial charge in [0, 0.05) is 26.9 Å². The lowest BCUT2D eigenvalue weighted by molar-refractivity contribution is 0.0580. The third-order valence-corrected chi connectivity index (χ3v) is 2.86. The molecule has 0 aliphatic carbocycles. The minimum absolute atomic E-state index is 0.00574. The molecule has 0 saturated heterocycles. The molecule has 1 unspecified atom stereocenters. The summed E-state index contributed by atoms with van der Waals surface area (Å²) in [6.45, 7) is 5.11. The van der Waals surface area contributed by atoms with E-state index in [9.17, 15) is 4.79 Å². The maximum atomic E-state index is 12.5. The molecular formula is C13H21N3O2. The summed E-state index contributed by atoms with van der Waals surface area (Å²) in [5.41, 5.74) is 1.38. The number of nitrogens with one attached hydrogen (secondary N) is 1. The van der Waals surface area contributed by atoms with Crippen LogP contribution in [0, 0.1) is 0 Å². The molecular weight excluding hydrogens is 230 g/mol. The van der Waals surface area contributed by atoms with Crippen LogP contribution in [-0.4, -0.2) is 49.1 Å². The number of anilines is 1. The van der Waals surface area contributed by atoms with E-state index in [0.717, 1.165) is 5.69 Å². The summed E-state index contributed by atoms with van der Waals surface area (Å²) in [6, 6.07) is 1.78. The average molecular weight is 251 g/mol. The van der Waals surface area contributed by atoms with Crippen molar-refractivity contribution in [2.24, 2.45) is 0 Å². The highest BCUT2D eigenvalue weighted by Crippen LogP contribution is 2.16. The summed E-state index contributed by atoms with van der Waals surface area (Å²) in [4.78, 5) is 18.3. The minimum atomic E-state index is -0.00574. The zero-order chi connectivity index (χ0) is 13.5. The van der Waals surface area contributed by atoms with Gasteiger partial charge in [-0.1, -0.05) is 0 Å². The quantitative estimate of drug-likeness (QED) is 0.834. The standard InChI is InChI=1S/C13H21N3O2/c1-5-16(10(2)9-18-4)13(17)11-6-7-15-8-12(11)14-3/h6-8,10,14H,5,9H2,1-4H3. The Hall–Kier alpha value is -1.62. The lowest BCUT2D eigenvalue weighted by Gasteiger charge is -2.28. The molecule has 0 fully saturated rings. The van der Waals surface area contributed by atoms with E-state index >= 15 is 0 Å². The number of carbonyl (C=O) groups excluding carboxylic acids is 1. The number of carbonyl (C=O) groups is 1. The first kappa shape index (κ1) is 14.4. The number of aromatic nitrogens is 1. The topological polar surface area (TPSA) is 54.5 Å². The molecule has 100 valence electrons. The highest BCUT2D eigenvalue weighted by Gasteiger charge is 2.21. The summed E-state index contributed by atoms with van der Waals surface area (Å²) in [6.07, 6.45) is 3.28. The normalized spacial score (nSPS) is 12.0. The second-order valence-electron chi connectivity index (χ2n) is 4.07. The van der Waals surface area contributed by atoms with Crippen LogP contribution >= 0.6 is 0 Å². The van der Waals surface area contributed by atoms with Crippen LogP contribution in [0.4, 0.5) is 5.69 Å². The maximum Gasteiger partial charge on any atom is 0.256 e. The van der Waals surface area contributed by atoms with Crippen molar-refractivity contribution in [3.05, 3.63) is 24.0 Å². The van der Waals surface area contributed by atoms with Crippen LogP contribution < -0.4 is 5.32 Å². The van der Waals surface area contributed by atoms with Crippen molar-refractivity contribution in [1.82, 2.24) is 9.88 Å². The maximum absolute atomic E-state index is 12.5. The van der Waals surface area contributed by atoms with E-state index in [2.05, 4.69) is 10.3 Å². The van der Waals surface area contributed by atoms with Crippen LogP contribution in [0.3, 0.4) is 0 Å². The van der Waals surface area contributed by atoms with Crippen molar-refractivity contribution in [2.45, 2.75) is 19.9 Å². The highest BCUT2D eigenvalue weighted by molar-refractivity contribution is 5.99. The molecule has 5 nitrogen and oxygen atoms in total. The number of ether oxygens (including phenoxy) is 1. The minimum Gasteiger partial charge on any atom is -0.386 e. The van der Waals surface area contributed by atoms with Crippen LogP contribution in [0.25, 0.3) is 0 Å². The number of hydrogen-bond donors (Lipinski definition) is 1. The Morgan fingerprint density at radius 2 is 2.33 bits per heavy atom.